The van der Waals surface area contributed by atoms with E-state index in [0.29, 0.717) is 0 Å². The first-order valence-corrected chi connectivity index (χ1v) is 4.36. The minimum atomic E-state index is 0.720. The zero-order valence-corrected chi connectivity index (χ0v) is 8.13. The number of allylic oxidation sites excluding steroid dienone is 1. The molecule has 0 unspecified atom stereocenters. The van der Waals surface area contributed by atoms with E-state index < -0.39 is 0 Å². The number of halogens is 1. The molecule has 0 amide bonds. The second kappa shape index (κ2) is 4.08. The number of hydrogen-bond acceptors (Lipinski definition) is 1. The van der Waals surface area contributed by atoms with Gasteiger partial charge in [0.05, 0.1) is 11.6 Å². The first kappa shape index (κ1) is 9.02. The third kappa shape index (κ3) is 1.96. The van der Waals surface area contributed by atoms with Crippen LogP contribution >= 0.6 is 15.9 Å². The molecule has 0 aliphatic carbocycles. The van der Waals surface area contributed by atoms with Crippen LogP contribution in [0.4, 0.5) is 0 Å². The summed E-state index contributed by atoms with van der Waals surface area (Å²) in [4.78, 5) is 0. The van der Waals surface area contributed by atoms with Crippen LogP contribution in [0.3, 0.4) is 0 Å². The Hall–Kier alpha value is -1.07. The summed E-state index contributed by atoms with van der Waals surface area (Å²) >= 11 is 3.35. The molecule has 0 aliphatic rings. The van der Waals surface area contributed by atoms with Gasteiger partial charge in [-0.05, 0) is 30.2 Å². The van der Waals surface area contributed by atoms with E-state index in [-0.39, 0.29) is 0 Å². The molecule has 12 heavy (non-hydrogen) atoms. The Morgan fingerprint density at radius 1 is 1.58 bits per heavy atom. The second-order valence-corrected chi connectivity index (χ2v) is 3.32. The van der Waals surface area contributed by atoms with Crippen molar-refractivity contribution in [2.24, 2.45) is 0 Å². The molecule has 60 valence electrons. The molecular formula is C10H8BrN. The van der Waals surface area contributed by atoms with E-state index >= 15 is 0 Å². The van der Waals surface area contributed by atoms with E-state index in [0.717, 1.165) is 22.0 Å². The van der Waals surface area contributed by atoms with Crippen LogP contribution in [-0.4, -0.2) is 0 Å². The van der Waals surface area contributed by atoms with Crippen molar-refractivity contribution in [3.05, 3.63) is 46.5 Å². The highest BCUT2D eigenvalue weighted by Gasteiger charge is 1.99. The van der Waals surface area contributed by atoms with Crippen LogP contribution in [0.5, 0.6) is 0 Å². The van der Waals surface area contributed by atoms with Crippen LogP contribution < -0.4 is 0 Å². The Balaban J connectivity index is 3.14. The third-order valence-electron chi connectivity index (χ3n) is 1.55. The largest absolute Gasteiger partial charge is 0.192 e. The maximum atomic E-state index is 8.74. The zero-order chi connectivity index (χ0) is 8.97. The Labute approximate surface area is 80.5 Å². The Morgan fingerprint density at radius 2 is 2.33 bits per heavy atom. The summed E-state index contributed by atoms with van der Waals surface area (Å²) in [5.74, 6) is 0. The molecule has 1 nitrogen and oxygen atoms in total. The highest BCUT2D eigenvalue weighted by molar-refractivity contribution is 9.10. The fraction of sp³-hybridized carbons (Fsp3) is 0.100. The van der Waals surface area contributed by atoms with Crippen molar-refractivity contribution in [3.8, 4) is 6.07 Å². The van der Waals surface area contributed by atoms with Crippen molar-refractivity contribution in [1.82, 2.24) is 0 Å². The molecule has 0 heterocycles. The van der Waals surface area contributed by atoms with Gasteiger partial charge in [0, 0.05) is 4.47 Å². The standard InChI is InChI=1S/C10H8BrN/c1-2-3-8-6-10(11)5-4-9(8)7-12/h2,4-6H,1,3H2. The van der Waals surface area contributed by atoms with Crippen LogP contribution in [0.2, 0.25) is 0 Å². The van der Waals surface area contributed by atoms with Gasteiger partial charge in [-0.1, -0.05) is 22.0 Å². The molecule has 0 aliphatic heterocycles. The first-order valence-electron chi connectivity index (χ1n) is 3.57. The zero-order valence-electron chi connectivity index (χ0n) is 6.55. The van der Waals surface area contributed by atoms with Crippen LogP contribution in [0, 0.1) is 11.3 Å². The average molecular weight is 222 g/mol. The van der Waals surface area contributed by atoms with E-state index in [2.05, 4.69) is 28.6 Å². The molecule has 0 spiro atoms. The summed E-state index contributed by atoms with van der Waals surface area (Å²) in [6, 6.07) is 7.76. The summed E-state index contributed by atoms with van der Waals surface area (Å²) in [7, 11) is 0. The van der Waals surface area contributed by atoms with Gasteiger partial charge in [0.25, 0.3) is 0 Å². The summed E-state index contributed by atoms with van der Waals surface area (Å²) in [5.41, 5.74) is 1.74. The Morgan fingerprint density at radius 3 is 2.92 bits per heavy atom. The lowest BCUT2D eigenvalue weighted by atomic mass is 10.1. The molecule has 1 aromatic carbocycles. The fourth-order valence-electron chi connectivity index (χ4n) is 0.996. The lowest BCUT2D eigenvalue weighted by Crippen LogP contribution is -1.87. The van der Waals surface area contributed by atoms with Crippen molar-refractivity contribution >= 4 is 15.9 Å². The van der Waals surface area contributed by atoms with Gasteiger partial charge < -0.3 is 0 Å². The van der Waals surface area contributed by atoms with Crippen molar-refractivity contribution < 1.29 is 0 Å². The number of nitrogens with zero attached hydrogens (tertiary/aromatic N) is 1. The van der Waals surface area contributed by atoms with Crippen LogP contribution in [0.15, 0.2) is 35.3 Å². The molecule has 0 aromatic heterocycles. The molecule has 0 radical (unpaired) electrons. The summed E-state index contributed by atoms with van der Waals surface area (Å²) in [6.07, 6.45) is 2.53. The van der Waals surface area contributed by atoms with Crippen molar-refractivity contribution in [2.45, 2.75) is 6.42 Å². The van der Waals surface area contributed by atoms with E-state index in [1.165, 1.54) is 0 Å². The first-order chi connectivity index (χ1) is 5.77. The number of nitriles is 1. The van der Waals surface area contributed by atoms with E-state index in [1.54, 1.807) is 6.08 Å². The van der Waals surface area contributed by atoms with E-state index in [4.69, 9.17) is 5.26 Å². The molecule has 0 fully saturated rings. The predicted molar refractivity (Wildman–Crippen MR) is 52.8 cm³/mol. The molecule has 1 rings (SSSR count). The van der Waals surface area contributed by atoms with Gasteiger partial charge in [-0.15, -0.1) is 6.58 Å². The number of hydrogen-bond donors (Lipinski definition) is 0. The summed E-state index contributed by atoms with van der Waals surface area (Å²) < 4.78 is 0.998. The van der Waals surface area contributed by atoms with Crippen LogP contribution in [0.25, 0.3) is 0 Å². The molecule has 0 N–H and O–H groups in total. The van der Waals surface area contributed by atoms with E-state index in [1.807, 2.05) is 18.2 Å². The average Bonchev–Trinajstić information content (AvgIpc) is 2.05. The summed E-state index contributed by atoms with van der Waals surface area (Å²) in [6.45, 7) is 3.64. The van der Waals surface area contributed by atoms with Crippen molar-refractivity contribution in [1.29, 1.82) is 5.26 Å². The SMILES string of the molecule is C=CCc1cc(Br)ccc1C#N. The van der Waals surface area contributed by atoms with E-state index in [9.17, 15) is 0 Å². The van der Waals surface area contributed by atoms with Crippen molar-refractivity contribution in [3.63, 3.8) is 0 Å². The lowest BCUT2D eigenvalue weighted by molar-refractivity contribution is 1.24. The van der Waals surface area contributed by atoms with Gasteiger partial charge in [-0.3, -0.25) is 0 Å². The maximum Gasteiger partial charge on any atom is 0.0994 e. The molecule has 0 saturated carbocycles. The fourth-order valence-corrected chi connectivity index (χ4v) is 1.40. The smallest absolute Gasteiger partial charge is 0.0994 e. The topological polar surface area (TPSA) is 23.8 Å². The van der Waals surface area contributed by atoms with Crippen LogP contribution in [-0.2, 0) is 6.42 Å². The minimum absolute atomic E-state index is 0.720. The number of rotatable bonds is 2. The highest BCUT2D eigenvalue weighted by atomic mass is 79.9. The highest BCUT2D eigenvalue weighted by Crippen LogP contribution is 2.16. The Kier molecular flexibility index (Phi) is 3.07. The normalized spacial score (nSPS) is 9.00. The molecule has 0 bridgehead atoms. The van der Waals surface area contributed by atoms with Gasteiger partial charge in [0.15, 0.2) is 0 Å². The maximum absolute atomic E-state index is 8.74. The molecule has 0 atom stereocenters. The van der Waals surface area contributed by atoms with Gasteiger partial charge in [0.1, 0.15) is 0 Å². The van der Waals surface area contributed by atoms with Gasteiger partial charge >= 0.3 is 0 Å². The molecule has 1 aromatic rings. The number of benzene rings is 1. The minimum Gasteiger partial charge on any atom is -0.192 e. The summed E-state index contributed by atoms with van der Waals surface area (Å²) in [5, 5.41) is 8.74. The predicted octanol–water partition coefficient (Wildman–Crippen LogP) is 3.05. The van der Waals surface area contributed by atoms with Gasteiger partial charge in [-0.25, -0.2) is 0 Å². The lowest BCUT2D eigenvalue weighted by Gasteiger charge is -1.99. The van der Waals surface area contributed by atoms with Gasteiger partial charge in [0.2, 0.25) is 0 Å². The van der Waals surface area contributed by atoms with Crippen molar-refractivity contribution in [2.75, 3.05) is 0 Å². The monoisotopic (exact) mass is 221 g/mol. The Bertz CT molecular complexity index is 336. The molecule has 2 heteroatoms. The second-order valence-electron chi connectivity index (χ2n) is 2.41. The quantitative estimate of drug-likeness (QED) is 0.705. The third-order valence-corrected chi connectivity index (χ3v) is 2.05. The molecular weight excluding hydrogens is 214 g/mol. The van der Waals surface area contributed by atoms with Crippen LogP contribution in [0.1, 0.15) is 11.1 Å². The van der Waals surface area contributed by atoms with Gasteiger partial charge in [-0.2, -0.15) is 5.26 Å². The molecule has 0 saturated heterocycles.